The lowest BCUT2D eigenvalue weighted by Crippen LogP contribution is -2.41. The van der Waals surface area contributed by atoms with Gasteiger partial charge in [-0.05, 0) is 25.0 Å². The zero-order valence-electron chi connectivity index (χ0n) is 10.7. The number of hydrogen-bond donors (Lipinski definition) is 3. The van der Waals surface area contributed by atoms with Crippen molar-refractivity contribution in [2.45, 2.75) is 32.2 Å². The average molecular weight is 239 g/mol. The molecule has 1 rings (SSSR count). The van der Waals surface area contributed by atoms with Gasteiger partial charge in [0.15, 0.2) is 0 Å². The minimum absolute atomic E-state index is 0.0639. The highest BCUT2D eigenvalue weighted by molar-refractivity contribution is 5.54. The van der Waals surface area contributed by atoms with Crippen molar-refractivity contribution >= 4 is 11.5 Å². The molecule has 0 radical (unpaired) electrons. The Balaban J connectivity index is 2.94. The highest BCUT2D eigenvalue weighted by Gasteiger charge is 2.25. The third kappa shape index (κ3) is 3.00. The summed E-state index contributed by atoms with van der Waals surface area (Å²) in [5.41, 5.74) is 5.86. The molecule has 0 bridgehead atoms. The largest absolute Gasteiger partial charge is 0.479 e. The summed E-state index contributed by atoms with van der Waals surface area (Å²) in [5.74, 6) is 1.06. The van der Waals surface area contributed by atoms with Gasteiger partial charge in [-0.15, -0.1) is 0 Å². The maximum Gasteiger partial charge on any atom is 0.238 e. The van der Waals surface area contributed by atoms with Crippen LogP contribution in [0.3, 0.4) is 0 Å². The molecule has 0 aliphatic carbocycles. The molecule has 1 heterocycles. The number of ether oxygens (including phenoxy) is 1. The predicted molar refractivity (Wildman–Crippen MR) is 69.2 cm³/mol. The number of hydrogen-bond acceptors (Lipinski definition) is 5. The van der Waals surface area contributed by atoms with E-state index >= 15 is 0 Å². The standard InChI is InChI=1S/C12H21N3O2/c1-4-12(5-2,8-16)15-10-7-6-9(13)11(14-10)17-3/h6-7,16H,4-5,8,13H2,1-3H3,(H,14,15). The van der Waals surface area contributed by atoms with Crippen molar-refractivity contribution in [2.75, 3.05) is 24.8 Å². The summed E-state index contributed by atoms with van der Waals surface area (Å²) in [6, 6.07) is 3.52. The van der Waals surface area contributed by atoms with Crippen LogP contribution in [0.15, 0.2) is 12.1 Å². The molecule has 1 aromatic rings. The van der Waals surface area contributed by atoms with Crippen LogP contribution in [0.25, 0.3) is 0 Å². The number of aliphatic hydroxyl groups excluding tert-OH is 1. The third-order valence-electron chi connectivity index (χ3n) is 3.13. The minimum Gasteiger partial charge on any atom is -0.479 e. The van der Waals surface area contributed by atoms with E-state index in [4.69, 9.17) is 10.5 Å². The number of aliphatic hydroxyl groups is 1. The first kappa shape index (κ1) is 13.6. The van der Waals surface area contributed by atoms with E-state index in [1.54, 1.807) is 12.1 Å². The summed E-state index contributed by atoms with van der Waals surface area (Å²) in [7, 11) is 1.53. The van der Waals surface area contributed by atoms with Crippen LogP contribution in [0.4, 0.5) is 11.5 Å². The first-order valence-electron chi connectivity index (χ1n) is 5.80. The van der Waals surface area contributed by atoms with E-state index in [0.717, 1.165) is 12.8 Å². The number of nitrogens with zero attached hydrogens (tertiary/aromatic N) is 1. The molecule has 0 amide bonds. The van der Waals surface area contributed by atoms with E-state index in [2.05, 4.69) is 10.3 Å². The molecule has 5 heteroatoms. The van der Waals surface area contributed by atoms with Crippen molar-refractivity contribution in [3.63, 3.8) is 0 Å². The molecule has 0 saturated heterocycles. The molecule has 0 unspecified atom stereocenters. The molecule has 96 valence electrons. The molecule has 0 spiro atoms. The van der Waals surface area contributed by atoms with Crippen LogP contribution in [0, 0.1) is 0 Å². The zero-order valence-corrected chi connectivity index (χ0v) is 10.7. The van der Waals surface area contributed by atoms with Gasteiger partial charge in [-0.3, -0.25) is 0 Å². The van der Waals surface area contributed by atoms with Crippen LogP contribution < -0.4 is 15.8 Å². The Bertz CT molecular complexity index is 357. The molecule has 5 nitrogen and oxygen atoms in total. The van der Waals surface area contributed by atoms with Crippen molar-refractivity contribution < 1.29 is 9.84 Å². The van der Waals surface area contributed by atoms with Gasteiger partial charge in [0.1, 0.15) is 5.82 Å². The lowest BCUT2D eigenvalue weighted by Gasteiger charge is -2.31. The predicted octanol–water partition coefficient (Wildman–Crippen LogP) is 1.64. The molecule has 0 atom stereocenters. The van der Waals surface area contributed by atoms with E-state index in [1.807, 2.05) is 13.8 Å². The second-order valence-corrected chi connectivity index (χ2v) is 4.07. The average Bonchev–Trinajstić information content (AvgIpc) is 2.38. The van der Waals surface area contributed by atoms with Crippen molar-refractivity contribution in [2.24, 2.45) is 0 Å². The Hall–Kier alpha value is -1.49. The lowest BCUT2D eigenvalue weighted by atomic mass is 9.94. The fraction of sp³-hybridized carbons (Fsp3) is 0.583. The van der Waals surface area contributed by atoms with Crippen LogP contribution in [-0.4, -0.2) is 29.3 Å². The van der Waals surface area contributed by atoms with Gasteiger partial charge in [-0.2, -0.15) is 4.98 Å². The molecule has 17 heavy (non-hydrogen) atoms. The summed E-state index contributed by atoms with van der Waals surface area (Å²) >= 11 is 0. The highest BCUT2D eigenvalue weighted by atomic mass is 16.5. The fourth-order valence-corrected chi connectivity index (χ4v) is 1.65. The maximum atomic E-state index is 9.47. The Morgan fingerprint density at radius 2 is 2.06 bits per heavy atom. The molecular formula is C12H21N3O2. The third-order valence-corrected chi connectivity index (χ3v) is 3.13. The first-order chi connectivity index (χ1) is 8.10. The zero-order chi connectivity index (χ0) is 12.9. The molecule has 1 aromatic heterocycles. The van der Waals surface area contributed by atoms with E-state index in [1.165, 1.54) is 7.11 Å². The van der Waals surface area contributed by atoms with Crippen LogP contribution in [-0.2, 0) is 0 Å². The Morgan fingerprint density at radius 1 is 1.41 bits per heavy atom. The van der Waals surface area contributed by atoms with Gasteiger partial charge < -0.3 is 20.9 Å². The van der Waals surface area contributed by atoms with E-state index < -0.39 is 0 Å². The van der Waals surface area contributed by atoms with Gasteiger partial charge in [0.05, 0.1) is 24.9 Å². The van der Waals surface area contributed by atoms with Gasteiger partial charge in [0.25, 0.3) is 0 Å². The second kappa shape index (κ2) is 5.72. The maximum absolute atomic E-state index is 9.47. The molecule has 0 fully saturated rings. The number of rotatable bonds is 6. The van der Waals surface area contributed by atoms with Gasteiger partial charge in [0.2, 0.25) is 5.88 Å². The van der Waals surface area contributed by atoms with Crippen molar-refractivity contribution in [1.82, 2.24) is 4.98 Å². The van der Waals surface area contributed by atoms with E-state index in [9.17, 15) is 5.11 Å². The summed E-state index contributed by atoms with van der Waals surface area (Å²) in [4.78, 5) is 4.25. The number of nitrogens with two attached hydrogens (primary N) is 1. The fourth-order valence-electron chi connectivity index (χ4n) is 1.65. The molecule has 0 aliphatic heterocycles. The van der Waals surface area contributed by atoms with Gasteiger partial charge in [-0.1, -0.05) is 13.8 Å². The summed E-state index contributed by atoms with van der Waals surface area (Å²) in [5, 5.41) is 12.7. The second-order valence-electron chi connectivity index (χ2n) is 4.07. The minimum atomic E-state index is -0.339. The smallest absolute Gasteiger partial charge is 0.238 e. The van der Waals surface area contributed by atoms with Crippen molar-refractivity contribution in [3.05, 3.63) is 12.1 Å². The monoisotopic (exact) mass is 239 g/mol. The number of methoxy groups -OCH3 is 1. The SMILES string of the molecule is CCC(CC)(CO)Nc1ccc(N)c(OC)n1. The lowest BCUT2D eigenvalue weighted by molar-refractivity contribution is 0.202. The number of anilines is 2. The van der Waals surface area contributed by atoms with Crippen LogP contribution in [0.5, 0.6) is 5.88 Å². The molecular weight excluding hydrogens is 218 g/mol. The van der Waals surface area contributed by atoms with Crippen LogP contribution >= 0.6 is 0 Å². The topological polar surface area (TPSA) is 80.4 Å². The normalized spacial score (nSPS) is 11.3. The molecule has 0 saturated carbocycles. The molecule has 4 N–H and O–H groups in total. The van der Waals surface area contributed by atoms with E-state index in [-0.39, 0.29) is 12.1 Å². The summed E-state index contributed by atoms with van der Waals surface area (Å²) in [6.07, 6.45) is 1.63. The van der Waals surface area contributed by atoms with Crippen molar-refractivity contribution in [1.29, 1.82) is 0 Å². The van der Waals surface area contributed by atoms with E-state index in [0.29, 0.717) is 17.4 Å². The Labute approximate surface area is 102 Å². The number of pyridine rings is 1. The van der Waals surface area contributed by atoms with Gasteiger partial charge >= 0.3 is 0 Å². The summed E-state index contributed by atoms with van der Waals surface area (Å²) in [6.45, 7) is 4.12. The van der Waals surface area contributed by atoms with Crippen LogP contribution in [0.2, 0.25) is 0 Å². The molecule has 0 aliphatic rings. The van der Waals surface area contributed by atoms with Crippen molar-refractivity contribution in [3.8, 4) is 5.88 Å². The van der Waals surface area contributed by atoms with Gasteiger partial charge in [0, 0.05) is 0 Å². The summed E-state index contributed by atoms with van der Waals surface area (Å²) < 4.78 is 5.06. The number of aromatic nitrogens is 1. The quantitative estimate of drug-likeness (QED) is 0.703. The van der Waals surface area contributed by atoms with Gasteiger partial charge in [-0.25, -0.2) is 0 Å². The molecule has 0 aromatic carbocycles. The van der Waals surface area contributed by atoms with Crippen LogP contribution in [0.1, 0.15) is 26.7 Å². The Morgan fingerprint density at radius 3 is 2.53 bits per heavy atom. The Kier molecular flexibility index (Phi) is 4.57. The first-order valence-corrected chi connectivity index (χ1v) is 5.80. The number of nitrogen functional groups attached to an aromatic ring is 1. The highest BCUT2D eigenvalue weighted by Crippen LogP contribution is 2.25. The number of nitrogens with one attached hydrogen (secondary N) is 1.